The summed E-state index contributed by atoms with van der Waals surface area (Å²) in [5.74, 6) is -0.249. The molecule has 25 heavy (non-hydrogen) atoms. The minimum absolute atomic E-state index is 0.0568. The van der Waals surface area contributed by atoms with Gasteiger partial charge in [0, 0.05) is 12.8 Å². The number of carbonyl (C=O) groups excluding carboxylic acids is 1. The molecule has 0 radical (unpaired) electrons. The van der Waals surface area contributed by atoms with E-state index < -0.39 is 9.84 Å². The van der Waals surface area contributed by atoms with Crippen LogP contribution in [-0.4, -0.2) is 33.7 Å². The standard InChI is InChI=1S/C17H18Cl2N2O3S/c1-25(23,24)17-14(8-7-13(18)16(17)19)21-11-15(22)20-10-9-12-5-3-2-4-6-12/h2-8,21H,9-11H2,1H3,(H,20,22). The van der Waals surface area contributed by atoms with Crippen LogP contribution in [0.4, 0.5) is 5.69 Å². The van der Waals surface area contributed by atoms with Crippen molar-refractivity contribution in [1.29, 1.82) is 0 Å². The summed E-state index contributed by atoms with van der Waals surface area (Å²) in [6.07, 6.45) is 1.75. The molecule has 0 saturated heterocycles. The maximum atomic E-state index is 11.9. The molecule has 0 atom stereocenters. The number of anilines is 1. The molecule has 0 unspecified atom stereocenters. The summed E-state index contributed by atoms with van der Waals surface area (Å²) in [4.78, 5) is 11.8. The summed E-state index contributed by atoms with van der Waals surface area (Å²) in [7, 11) is -3.60. The Kier molecular flexibility index (Phi) is 6.70. The van der Waals surface area contributed by atoms with E-state index in [1.54, 1.807) is 0 Å². The molecule has 0 heterocycles. The van der Waals surface area contributed by atoms with Crippen LogP contribution in [0.3, 0.4) is 0 Å². The minimum atomic E-state index is -3.60. The molecule has 134 valence electrons. The fraction of sp³-hybridized carbons (Fsp3) is 0.235. The van der Waals surface area contributed by atoms with Gasteiger partial charge in [0.05, 0.1) is 22.3 Å². The first-order chi connectivity index (χ1) is 11.8. The summed E-state index contributed by atoms with van der Waals surface area (Å²) >= 11 is 11.9. The fourth-order valence-electron chi connectivity index (χ4n) is 2.26. The van der Waals surface area contributed by atoms with E-state index in [4.69, 9.17) is 23.2 Å². The minimum Gasteiger partial charge on any atom is -0.375 e. The van der Waals surface area contributed by atoms with Crippen LogP contribution in [0.15, 0.2) is 47.4 Å². The highest BCUT2D eigenvalue weighted by atomic mass is 35.5. The molecule has 0 saturated carbocycles. The fourth-order valence-corrected chi connectivity index (χ4v) is 4.04. The van der Waals surface area contributed by atoms with Crippen LogP contribution in [-0.2, 0) is 21.1 Å². The van der Waals surface area contributed by atoms with Gasteiger partial charge in [0.2, 0.25) is 5.91 Å². The average Bonchev–Trinajstić information content (AvgIpc) is 2.55. The second kappa shape index (κ2) is 8.56. The van der Waals surface area contributed by atoms with Crippen LogP contribution in [0.5, 0.6) is 0 Å². The maximum Gasteiger partial charge on any atom is 0.239 e. The summed E-state index contributed by atoms with van der Waals surface area (Å²) in [5.41, 5.74) is 1.37. The van der Waals surface area contributed by atoms with Crippen molar-refractivity contribution in [3.8, 4) is 0 Å². The van der Waals surface area contributed by atoms with Crippen LogP contribution in [0.1, 0.15) is 5.56 Å². The highest BCUT2D eigenvalue weighted by Gasteiger charge is 2.20. The Labute approximate surface area is 157 Å². The number of hydrogen-bond acceptors (Lipinski definition) is 4. The molecule has 2 N–H and O–H groups in total. The first kappa shape index (κ1) is 19.6. The third kappa shape index (κ3) is 5.63. The summed E-state index contributed by atoms with van der Waals surface area (Å²) < 4.78 is 23.8. The summed E-state index contributed by atoms with van der Waals surface area (Å²) in [6.45, 7) is 0.417. The molecule has 0 aromatic heterocycles. The van der Waals surface area contributed by atoms with Gasteiger partial charge in [0.15, 0.2) is 9.84 Å². The SMILES string of the molecule is CS(=O)(=O)c1c(NCC(=O)NCCc2ccccc2)ccc(Cl)c1Cl. The van der Waals surface area contributed by atoms with E-state index in [2.05, 4.69) is 10.6 Å². The largest absolute Gasteiger partial charge is 0.375 e. The van der Waals surface area contributed by atoms with E-state index in [9.17, 15) is 13.2 Å². The zero-order chi connectivity index (χ0) is 18.4. The molecular formula is C17H18Cl2N2O3S. The number of halogens is 2. The lowest BCUT2D eigenvalue weighted by atomic mass is 10.1. The van der Waals surface area contributed by atoms with Gasteiger partial charge in [0.1, 0.15) is 4.90 Å². The molecule has 8 heteroatoms. The number of nitrogens with one attached hydrogen (secondary N) is 2. The topological polar surface area (TPSA) is 75.3 Å². The number of sulfone groups is 1. The van der Waals surface area contributed by atoms with Crippen molar-refractivity contribution in [2.24, 2.45) is 0 Å². The Morgan fingerprint density at radius 2 is 1.76 bits per heavy atom. The van der Waals surface area contributed by atoms with Crippen LogP contribution >= 0.6 is 23.2 Å². The van der Waals surface area contributed by atoms with Crippen LogP contribution in [0.2, 0.25) is 10.0 Å². The summed E-state index contributed by atoms with van der Waals surface area (Å²) in [5, 5.41) is 5.66. The Morgan fingerprint density at radius 1 is 1.08 bits per heavy atom. The Morgan fingerprint density at radius 3 is 2.40 bits per heavy atom. The monoisotopic (exact) mass is 400 g/mol. The van der Waals surface area contributed by atoms with Crippen molar-refractivity contribution in [2.45, 2.75) is 11.3 Å². The average molecular weight is 401 g/mol. The lowest BCUT2D eigenvalue weighted by Gasteiger charge is -2.13. The number of carbonyl (C=O) groups is 1. The number of benzene rings is 2. The van der Waals surface area contributed by atoms with Crippen LogP contribution in [0, 0.1) is 0 Å². The number of amides is 1. The van der Waals surface area contributed by atoms with Gasteiger partial charge in [-0.15, -0.1) is 0 Å². The van der Waals surface area contributed by atoms with Gasteiger partial charge in [-0.1, -0.05) is 53.5 Å². The van der Waals surface area contributed by atoms with Gasteiger partial charge >= 0.3 is 0 Å². The quantitative estimate of drug-likeness (QED) is 0.748. The van der Waals surface area contributed by atoms with Gasteiger partial charge in [-0.2, -0.15) is 0 Å². The summed E-state index contributed by atoms with van der Waals surface area (Å²) in [6, 6.07) is 12.8. The zero-order valence-electron chi connectivity index (χ0n) is 13.6. The van der Waals surface area contributed by atoms with Gasteiger partial charge in [0.25, 0.3) is 0 Å². The number of rotatable bonds is 7. The molecule has 0 fully saturated rings. The van der Waals surface area contributed by atoms with E-state index in [1.807, 2.05) is 30.3 Å². The predicted octanol–water partition coefficient (Wildman–Crippen LogP) is 3.17. The normalized spacial score (nSPS) is 11.2. The molecule has 0 aliphatic carbocycles. The highest BCUT2D eigenvalue weighted by Crippen LogP contribution is 2.35. The van der Waals surface area contributed by atoms with E-state index in [-0.39, 0.29) is 33.1 Å². The first-order valence-corrected chi connectivity index (χ1v) is 10.2. The Bertz CT molecular complexity index is 856. The lowest BCUT2D eigenvalue weighted by Crippen LogP contribution is -2.31. The van der Waals surface area contributed by atoms with Crippen molar-refractivity contribution in [3.05, 3.63) is 58.1 Å². The van der Waals surface area contributed by atoms with Crippen LogP contribution < -0.4 is 10.6 Å². The van der Waals surface area contributed by atoms with E-state index in [1.165, 1.54) is 12.1 Å². The zero-order valence-corrected chi connectivity index (χ0v) is 15.9. The molecule has 0 aliphatic heterocycles. The maximum absolute atomic E-state index is 11.9. The molecule has 2 rings (SSSR count). The smallest absolute Gasteiger partial charge is 0.239 e. The van der Waals surface area contributed by atoms with E-state index in [0.717, 1.165) is 11.8 Å². The Balaban J connectivity index is 1.95. The highest BCUT2D eigenvalue weighted by molar-refractivity contribution is 7.91. The van der Waals surface area contributed by atoms with E-state index >= 15 is 0 Å². The Hall–Kier alpha value is -1.76. The molecule has 1 amide bonds. The molecule has 2 aromatic carbocycles. The van der Waals surface area contributed by atoms with Crippen molar-refractivity contribution in [2.75, 3.05) is 24.7 Å². The second-order valence-electron chi connectivity index (χ2n) is 5.45. The molecule has 0 aliphatic rings. The third-order valence-corrected chi connectivity index (χ3v) is 5.52. The van der Waals surface area contributed by atoms with Crippen molar-refractivity contribution in [3.63, 3.8) is 0 Å². The third-order valence-electron chi connectivity index (χ3n) is 3.44. The van der Waals surface area contributed by atoms with Gasteiger partial charge in [-0.25, -0.2) is 8.42 Å². The van der Waals surface area contributed by atoms with Gasteiger partial charge in [-0.3, -0.25) is 4.79 Å². The van der Waals surface area contributed by atoms with Gasteiger partial charge < -0.3 is 10.6 Å². The van der Waals surface area contributed by atoms with Crippen molar-refractivity contribution >= 4 is 44.6 Å². The molecule has 0 bridgehead atoms. The number of hydrogen-bond donors (Lipinski definition) is 2. The van der Waals surface area contributed by atoms with E-state index in [0.29, 0.717) is 13.0 Å². The van der Waals surface area contributed by atoms with Gasteiger partial charge in [-0.05, 0) is 24.1 Å². The second-order valence-corrected chi connectivity index (χ2v) is 8.19. The predicted molar refractivity (Wildman–Crippen MR) is 101 cm³/mol. The molecule has 0 spiro atoms. The first-order valence-electron chi connectivity index (χ1n) is 7.51. The molecule has 5 nitrogen and oxygen atoms in total. The van der Waals surface area contributed by atoms with Crippen LogP contribution in [0.25, 0.3) is 0 Å². The van der Waals surface area contributed by atoms with Crippen molar-refractivity contribution < 1.29 is 13.2 Å². The van der Waals surface area contributed by atoms with Crippen molar-refractivity contribution in [1.82, 2.24) is 5.32 Å². The lowest BCUT2D eigenvalue weighted by molar-refractivity contribution is -0.119. The molecular weight excluding hydrogens is 383 g/mol. The molecule has 2 aromatic rings.